The molecule has 0 rings (SSSR count). The minimum Gasteiger partial charge on any atom is -0.462 e. The lowest BCUT2D eigenvalue weighted by molar-refractivity contribution is -0.167. The number of hydrogen-bond donors (Lipinski definition) is 0. The first kappa shape index (κ1) is 76.9. The molecular weight excluding hydrogens is 985 g/mol. The molecule has 0 aromatic heterocycles. The molecule has 6 nitrogen and oxygen atoms in total. The molecule has 0 aromatic rings. The number of esters is 3. The van der Waals surface area contributed by atoms with Crippen molar-refractivity contribution in [3.05, 3.63) is 72.9 Å². The molecule has 80 heavy (non-hydrogen) atoms. The zero-order valence-corrected chi connectivity index (χ0v) is 53.3. The molecule has 0 aliphatic rings. The molecule has 0 bridgehead atoms. The van der Waals surface area contributed by atoms with Gasteiger partial charge in [-0.1, -0.05) is 318 Å². The van der Waals surface area contributed by atoms with Crippen molar-refractivity contribution in [1.82, 2.24) is 0 Å². The van der Waals surface area contributed by atoms with Crippen molar-refractivity contribution in [3.63, 3.8) is 0 Å². The summed E-state index contributed by atoms with van der Waals surface area (Å²) in [7, 11) is 0. The smallest absolute Gasteiger partial charge is 0.306 e. The molecule has 0 spiro atoms. The maximum atomic E-state index is 12.9. The second-order valence-corrected chi connectivity index (χ2v) is 23.4. The van der Waals surface area contributed by atoms with Gasteiger partial charge in [0.25, 0.3) is 0 Å². The Bertz CT molecular complexity index is 1470. The predicted octanol–water partition coefficient (Wildman–Crippen LogP) is 24.1. The second kappa shape index (κ2) is 68.3. The number of carbonyl (C=O) groups is 3. The zero-order chi connectivity index (χ0) is 57.8. The van der Waals surface area contributed by atoms with E-state index in [0.29, 0.717) is 19.3 Å². The van der Waals surface area contributed by atoms with Gasteiger partial charge < -0.3 is 14.2 Å². The Morgan fingerprint density at radius 3 is 0.700 bits per heavy atom. The van der Waals surface area contributed by atoms with E-state index in [2.05, 4.69) is 93.7 Å². The summed E-state index contributed by atoms with van der Waals surface area (Å²) >= 11 is 0. The van der Waals surface area contributed by atoms with Crippen molar-refractivity contribution in [2.75, 3.05) is 13.2 Å². The molecule has 0 heterocycles. The summed E-state index contributed by atoms with van der Waals surface area (Å²) in [6.07, 6.45) is 89.3. The number of hydrogen-bond acceptors (Lipinski definition) is 6. The molecule has 0 amide bonds. The highest BCUT2D eigenvalue weighted by molar-refractivity contribution is 5.71. The summed E-state index contributed by atoms with van der Waals surface area (Å²) in [5.74, 6) is -0.866. The first-order valence-corrected chi connectivity index (χ1v) is 34.9. The largest absolute Gasteiger partial charge is 0.462 e. The molecule has 0 aliphatic heterocycles. The fraction of sp³-hybridized carbons (Fsp3) is 0.797. The Balaban J connectivity index is 4.19. The molecule has 0 fully saturated rings. The quantitative estimate of drug-likeness (QED) is 0.0261. The summed E-state index contributed by atoms with van der Waals surface area (Å²) in [5.41, 5.74) is 0. The Hall–Kier alpha value is -3.15. The first-order valence-electron chi connectivity index (χ1n) is 34.9. The van der Waals surface area contributed by atoms with Crippen LogP contribution >= 0.6 is 0 Å². The second-order valence-electron chi connectivity index (χ2n) is 23.4. The lowest BCUT2D eigenvalue weighted by Crippen LogP contribution is -2.30. The fourth-order valence-electron chi connectivity index (χ4n) is 10.2. The number of carbonyl (C=O) groups excluding carboxylic acids is 3. The summed E-state index contributed by atoms with van der Waals surface area (Å²) in [5, 5.41) is 0. The highest BCUT2D eigenvalue weighted by atomic mass is 16.6. The Labute approximate surface area is 497 Å². The van der Waals surface area contributed by atoms with Crippen molar-refractivity contribution in [3.8, 4) is 0 Å². The highest BCUT2D eigenvalue weighted by Crippen LogP contribution is 2.17. The Kier molecular flexibility index (Phi) is 65.7. The van der Waals surface area contributed by atoms with Crippen molar-refractivity contribution >= 4 is 17.9 Å². The fourth-order valence-corrected chi connectivity index (χ4v) is 10.2. The van der Waals surface area contributed by atoms with Gasteiger partial charge in [0.1, 0.15) is 13.2 Å². The van der Waals surface area contributed by atoms with Gasteiger partial charge in [-0.25, -0.2) is 0 Å². The lowest BCUT2D eigenvalue weighted by atomic mass is 10.0. The first-order chi connectivity index (χ1) is 39.5. The van der Waals surface area contributed by atoms with E-state index in [9.17, 15) is 14.4 Å². The van der Waals surface area contributed by atoms with Crippen LogP contribution in [0, 0.1) is 0 Å². The van der Waals surface area contributed by atoms with Crippen molar-refractivity contribution in [1.29, 1.82) is 0 Å². The molecule has 464 valence electrons. The van der Waals surface area contributed by atoms with Crippen LogP contribution in [0.5, 0.6) is 0 Å². The van der Waals surface area contributed by atoms with Gasteiger partial charge in [0.2, 0.25) is 0 Å². The maximum absolute atomic E-state index is 12.9. The molecular formula is C74H132O6. The van der Waals surface area contributed by atoms with Gasteiger partial charge in [0.15, 0.2) is 6.10 Å². The van der Waals surface area contributed by atoms with Crippen molar-refractivity contribution in [2.24, 2.45) is 0 Å². The van der Waals surface area contributed by atoms with E-state index < -0.39 is 6.10 Å². The molecule has 0 N–H and O–H groups in total. The summed E-state index contributed by atoms with van der Waals surface area (Å²) in [6, 6.07) is 0. The standard InChI is InChI=1S/C74H132O6/c1-4-7-10-13-16-19-22-24-26-28-30-32-34-35-36-37-38-39-41-42-44-46-48-50-52-55-58-61-64-67-73(76)79-70-71(69-78-72(75)66-63-60-57-54-21-18-15-12-9-6-3)80-74(77)68-65-62-59-56-53-51-49-47-45-43-40-33-31-29-27-25-23-20-17-14-11-8-5-2/h22-25,28-31,34-35,40,43,71H,4-21,26-27,32-33,36-39,41-42,44-70H2,1-3H3/b24-22-,25-23-,30-28-,31-29-,35-34-,43-40-. The van der Waals surface area contributed by atoms with E-state index in [-0.39, 0.29) is 31.1 Å². The van der Waals surface area contributed by atoms with Gasteiger partial charge in [-0.3, -0.25) is 14.4 Å². The average Bonchev–Trinajstić information content (AvgIpc) is 3.46. The normalized spacial score (nSPS) is 12.5. The van der Waals surface area contributed by atoms with Gasteiger partial charge in [-0.05, 0) is 96.3 Å². The molecule has 0 aliphatic carbocycles. The van der Waals surface area contributed by atoms with E-state index in [1.54, 1.807) is 0 Å². The third-order valence-electron chi connectivity index (χ3n) is 15.4. The Morgan fingerprint density at radius 2 is 0.450 bits per heavy atom. The minimum absolute atomic E-state index is 0.0749. The van der Waals surface area contributed by atoms with E-state index in [1.807, 2.05) is 0 Å². The van der Waals surface area contributed by atoms with Gasteiger partial charge in [-0.2, -0.15) is 0 Å². The van der Waals surface area contributed by atoms with Gasteiger partial charge in [0.05, 0.1) is 0 Å². The van der Waals surface area contributed by atoms with E-state index in [0.717, 1.165) is 89.9 Å². The molecule has 6 heteroatoms. The van der Waals surface area contributed by atoms with Gasteiger partial charge in [-0.15, -0.1) is 0 Å². The van der Waals surface area contributed by atoms with Crippen LogP contribution in [-0.2, 0) is 28.6 Å². The van der Waals surface area contributed by atoms with Crippen LogP contribution in [0.1, 0.15) is 361 Å². The zero-order valence-electron chi connectivity index (χ0n) is 53.3. The van der Waals surface area contributed by atoms with Crippen LogP contribution < -0.4 is 0 Å². The number of unbranched alkanes of at least 4 members (excludes halogenated alkanes) is 41. The predicted molar refractivity (Wildman–Crippen MR) is 348 cm³/mol. The molecule has 0 saturated heterocycles. The van der Waals surface area contributed by atoms with Crippen LogP contribution in [0.4, 0.5) is 0 Å². The summed E-state index contributed by atoms with van der Waals surface area (Å²) < 4.78 is 16.9. The van der Waals surface area contributed by atoms with Crippen molar-refractivity contribution in [2.45, 2.75) is 367 Å². The van der Waals surface area contributed by atoms with Gasteiger partial charge in [0, 0.05) is 19.3 Å². The highest BCUT2D eigenvalue weighted by Gasteiger charge is 2.19. The van der Waals surface area contributed by atoms with Crippen molar-refractivity contribution < 1.29 is 28.6 Å². The molecule has 0 aromatic carbocycles. The summed E-state index contributed by atoms with van der Waals surface area (Å²) in [4.78, 5) is 38.3. The molecule has 0 saturated carbocycles. The topological polar surface area (TPSA) is 78.9 Å². The molecule has 1 atom stereocenters. The summed E-state index contributed by atoms with van der Waals surface area (Å²) in [6.45, 7) is 6.64. The van der Waals surface area contributed by atoms with Crippen LogP contribution in [0.15, 0.2) is 72.9 Å². The van der Waals surface area contributed by atoms with E-state index in [1.165, 1.54) is 231 Å². The third kappa shape index (κ3) is 65.7. The minimum atomic E-state index is -0.778. The lowest BCUT2D eigenvalue weighted by Gasteiger charge is -2.18. The van der Waals surface area contributed by atoms with E-state index in [4.69, 9.17) is 14.2 Å². The Morgan fingerprint density at radius 1 is 0.250 bits per heavy atom. The van der Waals surface area contributed by atoms with E-state index >= 15 is 0 Å². The van der Waals surface area contributed by atoms with Crippen LogP contribution in [0.25, 0.3) is 0 Å². The number of rotatable bonds is 64. The van der Waals surface area contributed by atoms with Crippen LogP contribution in [0.3, 0.4) is 0 Å². The molecule has 0 radical (unpaired) electrons. The average molecular weight is 1120 g/mol. The SMILES string of the molecule is CCCCCCC/C=C\C/C=C\C/C=C\CCCCCCCCCCCCCCCCC(=O)OCC(COC(=O)CCCCCCCCCCCC)OC(=O)CCCCCCCCCC/C=C\C/C=C\C/C=C\CCCCCCC. The van der Waals surface area contributed by atoms with Crippen LogP contribution in [0.2, 0.25) is 0 Å². The number of allylic oxidation sites excluding steroid dienone is 12. The monoisotopic (exact) mass is 1120 g/mol. The molecule has 1 unspecified atom stereocenters. The van der Waals surface area contributed by atoms with Gasteiger partial charge >= 0.3 is 17.9 Å². The third-order valence-corrected chi connectivity index (χ3v) is 15.4. The maximum Gasteiger partial charge on any atom is 0.306 e. The van der Waals surface area contributed by atoms with Crippen LogP contribution in [-0.4, -0.2) is 37.2 Å². The number of ether oxygens (including phenoxy) is 3.